The summed E-state index contributed by atoms with van der Waals surface area (Å²) in [7, 11) is 0. The van der Waals surface area contributed by atoms with Gasteiger partial charge in [0.15, 0.2) is 0 Å². The number of rotatable bonds is 9. The molecule has 3 nitrogen and oxygen atoms in total. The van der Waals surface area contributed by atoms with Gasteiger partial charge in [-0.25, -0.2) is 4.79 Å². The van der Waals surface area contributed by atoms with Crippen LogP contribution in [0.25, 0.3) is 0 Å². The van der Waals surface area contributed by atoms with Crippen molar-refractivity contribution in [2.75, 3.05) is 0 Å². The Morgan fingerprint density at radius 1 is 1.16 bits per heavy atom. The second-order valence-electron chi connectivity index (χ2n) is 5.10. The van der Waals surface area contributed by atoms with Crippen molar-refractivity contribution >= 4 is 6.03 Å². The van der Waals surface area contributed by atoms with E-state index in [9.17, 15) is 4.79 Å². The van der Waals surface area contributed by atoms with Gasteiger partial charge in [-0.1, -0.05) is 69.4 Å². The third kappa shape index (κ3) is 7.50. The predicted molar refractivity (Wildman–Crippen MR) is 80.0 cm³/mol. The van der Waals surface area contributed by atoms with Gasteiger partial charge in [-0.05, 0) is 18.4 Å². The van der Waals surface area contributed by atoms with Crippen LogP contribution in [-0.2, 0) is 6.42 Å². The third-order valence-electron chi connectivity index (χ3n) is 3.33. The molecular formula is C16H26N2O. The Bertz CT molecular complexity index is 351. The van der Waals surface area contributed by atoms with Gasteiger partial charge in [-0.2, -0.15) is 0 Å². The van der Waals surface area contributed by atoms with Crippen LogP contribution in [0.4, 0.5) is 4.79 Å². The Kier molecular flexibility index (Phi) is 7.71. The highest BCUT2D eigenvalue weighted by Gasteiger charge is 2.10. The molecule has 1 atom stereocenters. The van der Waals surface area contributed by atoms with Crippen LogP contribution in [0.3, 0.4) is 0 Å². The summed E-state index contributed by atoms with van der Waals surface area (Å²) >= 11 is 0. The van der Waals surface area contributed by atoms with E-state index in [1.165, 1.54) is 31.2 Å². The maximum Gasteiger partial charge on any atom is 0.312 e. The number of hydrogen-bond acceptors (Lipinski definition) is 1. The van der Waals surface area contributed by atoms with Crippen molar-refractivity contribution in [1.82, 2.24) is 5.32 Å². The fourth-order valence-electron chi connectivity index (χ4n) is 2.32. The molecule has 106 valence electrons. The van der Waals surface area contributed by atoms with Gasteiger partial charge in [-0.3, -0.25) is 0 Å². The van der Waals surface area contributed by atoms with Crippen molar-refractivity contribution in [3.8, 4) is 0 Å². The first-order chi connectivity index (χ1) is 9.22. The Hall–Kier alpha value is -1.51. The molecule has 2 amide bonds. The van der Waals surface area contributed by atoms with Crippen LogP contribution in [0.1, 0.15) is 51.0 Å². The number of primary amides is 1. The van der Waals surface area contributed by atoms with Gasteiger partial charge in [0, 0.05) is 6.04 Å². The van der Waals surface area contributed by atoms with Crippen molar-refractivity contribution in [3.05, 3.63) is 35.9 Å². The molecule has 0 fully saturated rings. The minimum atomic E-state index is -0.422. The minimum absolute atomic E-state index is 0.154. The molecule has 0 aromatic heterocycles. The molecule has 0 spiro atoms. The third-order valence-corrected chi connectivity index (χ3v) is 3.33. The second kappa shape index (κ2) is 9.42. The Labute approximate surface area is 116 Å². The quantitative estimate of drug-likeness (QED) is 0.656. The van der Waals surface area contributed by atoms with Crippen LogP contribution < -0.4 is 11.1 Å². The van der Waals surface area contributed by atoms with E-state index in [1.807, 2.05) is 18.2 Å². The molecule has 1 unspecified atom stereocenters. The van der Waals surface area contributed by atoms with E-state index in [-0.39, 0.29) is 6.04 Å². The number of amides is 2. The van der Waals surface area contributed by atoms with E-state index in [1.54, 1.807) is 0 Å². The van der Waals surface area contributed by atoms with Gasteiger partial charge in [0.25, 0.3) is 0 Å². The zero-order valence-corrected chi connectivity index (χ0v) is 11.9. The number of nitrogens with one attached hydrogen (secondary N) is 1. The number of hydrogen-bond donors (Lipinski definition) is 2. The number of unbranched alkanes of at least 4 members (excludes halogenated alkanes) is 4. The van der Waals surface area contributed by atoms with Gasteiger partial charge >= 0.3 is 6.03 Å². The maximum atomic E-state index is 11.0. The fraction of sp³-hybridized carbons (Fsp3) is 0.562. The lowest BCUT2D eigenvalue weighted by atomic mass is 10.00. The molecule has 1 aromatic carbocycles. The highest BCUT2D eigenvalue weighted by molar-refractivity contribution is 5.72. The Morgan fingerprint density at radius 2 is 1.84 bits per heavy atom. The molecule has 0 saturated heterocycles. The molecular weight excluding hydrogens is 236 g/mol. The first kappa shape index (κ1) is 15.5. The van der Waals surface area contributed by atoms with E-state index in [4.69, 9.17) is 5.73 Å². The zero-order valence-electron chi connectivity index (χ0n) is 11.9. The highest BCUT2D eigenvalue weighted by atomic mass is 16.2. The van der Waals surface area contributed by atoms with Crippen molar-refractivity contribution in [1.29, 1.82) is 0 Å². The second-order valence-corrected chi connectivity index (χ2v) is 5.10. The van der Waals surface area contributed by atoms with Crippen molar-refractivity contribution < 1.29 is 4.79 Å². The summed E-state index contributed by atoms with van der Waals surface area (Å²) in [4.78, 5) is 11.0. The molecule has 3 N–H and O–H groups in total. The first-order valence-electron chi connectivity index (χ1n) is 7.32. The van der Waals surface area contributed by atoms with Crippen molar-refractivity contribution in [2.24, 2.45) is 5.73 Å². The lowest BCUT2D eigenvalue weighted by Gasteiger charge is -2.17. The monoisotopic (exact) mass is 262 g/mol. The van der Waals surface area contributed by atoms with Crippen LogP contribution in [0, 0.1) is 0 Å². The number of urea groups is 1. The molecule has 3 heteroatoms. The van der Waals surface area contributed by atoms with E-state index < -0.39 is 6.03 Å². The van der Waals surface area contributed by atoms with Gasteiger partial charge in [0.05, 0.1) is 0 Å². The van der Waals surface area contributed by atoms with Crippen LogP contribution in [0.5, 0.6) is 0 Å². The molecule has 0 aliphatic heterocycles. The standard InChI is InChI=1S/C16H26N2O/c1-2-3-4-5-9-12-15(18-16(17)19)13-14-10-7-6-8-11-14/h6-8,10-11,15H,2-5,9,12-13H2,1H3,(H3,17,18,19). The van der Waals surface area contributed by atoms with E-state index in [2.05, 4.69) is 24.4 Å². The number of carbonyl (C=O) groups is 1. The molecule has 1 rings (SSSR count). The van der Waals surface area contributed by atoms with Gasteiger partial charge in [-0.15, -0.1) is 0 Å². The van der Waals surface area contributed by atoms with E-state index in [0.717, 1.165) is 19.3 Å². The summed E-state index contributed by atoms with van der Waals surface area (Å²) < 4.78 is 0. The molecule has 0 heterocycles. The van der Waals surface area contributed by atoms with Crippen LogP contribution in [0.15, 0.2) is 30.3 Å². The van der Waals surface area contributed by atoms with Gasteiger partial charge in [0.1, 0.15) is 0 Å². The number of carbonyl (C=O) groups excluding carboxylic acids is 1. The average molecular weight is 262 g/mol. The lowest BCUT2D eigenvalue weighted by Crippen LogP contribution is -2.39. The summed E-state index contributed by atoms with van der Waals surface area (Å²) in [5.41, 5.74) is 6.49. The average Bonchev–Trinajstić information content (AvgIpc) is 2.39. The van der Waals surface area contributed by atoms with Crippen LogP contribution >= 0.6 is 0 Å². The SMILES string of the molecule is CCCCCCCC(Cc1ccccc1)NC(N)=O. The molecule has 19 heavy (non-hydrogen) atoms. The van der Waals surface area contributed by atoms with Crippen molar-refractivity contribution in [2.45, 2.75) is 57.9 Å². The minimum Gasteiger partial charge on any atom is -0.352 e. The maximum absolute atomic E-state index is 11.0. The highest BCUT2D eigenvalue weighted by Crippen LogP contribution is 2.11. The first-order valence-corrected chi connectivity index (χ1v) is 7.32. The molecule has 0 aliphatic rings. The summed E-state index contributed by atoms with van der Waals surface area (Å²) in [5.74, 6) is 0. The number of benzene rings is 1. The predicted octanol–water partition coefficient (Wildman–Crippen LogP) is 3.63. The summed E-state index contributed by atoms with van der Waals surface area (Å²) in [6, 6.07) is 9.97. The Morgan fingerprint density at radius 3 is 2.47 bits per heavy atom. The molecule has 0 saturated carbocycles. The van der Waals surface area contributed by atoms with E-state index >= 15 is 0 Å². The molecule has 1 aromatic rings. The summed E-state index contributed by atoms with van der Waals surface area (Å²) in [6.07, 6.45) is 8.08. The Balaban J connectivity index is 2.36. The van der Waals surface area contributed by atoms with Crippen LogP contribution in [0.2, 0.25) is 0 Å². The molecule has 0 bridgehead atoms. The molecule has 0 radical (unpaired) electrons. The topological polar surface area (TPSA) is 55.1 Å². The van der Waals surface area contributed by atoms with Crippen LogP contribution in [-0.4, -0.2) is 12.1 Å². The molecule has 0 aliphatic carbocycles. The van der Waals surface area contributed by atoms with Gasteiger partial charge < -0.3 is 11.1 Å². The van der Waals surface area contributed by atoms with Gasteiger partial charge in [0.2, 0.25) is 0 Å². The van der Waals surface area contributed by atoms with E-state index in [0.29, 0.717) is 0 Å². The normalized spacial score (nSPS) is 12.1. The fourth-order valence-corrected chi connectivity index (χ4v) is 2.32. The summed E-state index contributed by atoms with van der Waals surface area (Å²) in [6.45, 7) is 2.22. The largest absolute Gasteiger partial charge is 0.352 e. The summed E-state index contributed by atoms with van der Waals surface area (Å²) in [5, 5.41) is 2.86. The van der Waals surface area contributed by atoms with Crippen molar-refractivity contribution in [3.63, 3.8) is 0 Å². The smallest absolute Gasteiger partial charge is 0.312 e. The number of nitrogens with two attached hydrogens (primary N) is 1. The lowest BCUT2D eigenvalue weighted by molar-refractivity contribution is 0.244. The zero-order chi connectivity index (χ0) is 13.9.